The van der Waals surface area contributed by atoms with Crippen LogP contribution in [0, 0.1) is 11.8 Å². The van der Waals surface area contributed by atoms with Gasteiger partial charge in [-0.1, -0.05) is 44.2 Å². The number of rotatable bonds is 7. The van der Waals surface area contributed by atoms with Crippen LogP contribution in [0.15, 0.2) is 30.3 Å². The van der Waals surface area contributed by atoms with Gasteiger partial charge in [0.25, 0.3) is 0 Å². The van der Waals surface area contributed by atoms with E-state index in [9.17, 15) is 9.59 Å². The Hall–Kier alpha value is -1.88. The standard InChI is InChI=1S/C19H29N3O2/c1-14(2)17(20)9-10-21(3)19(24)16-11-18(23)22(13-16)12-15-7-5-4-6-8-15/h4-8,14,16-17H,9-13,20H2,1-3H3. The normalized spacial score (nSPS) is 19.0. The molecule has 1 aliphatic rings. The molecule has 5 heteroatoms. The Bertz CT molecular complexity index is 559. The molecule has 0 bridgehead atoms. The minimum Gasteiger partial charge on any atom is -0.345 e. The first-order valence-electron chi connectivity index (χ1n) is 8.70. The van der Waals surface area contributed by atoms with Gasteiger partial charge in [-0.2, -0.15) is 0 Å². The Kier molecular flexibility index (Phi) is 6.37. The summed E-state index contributed by atoms with van der Waals surface area (Å²) < 4.78 is 0. The van der Waals surface area contributed by atoms with E-state index >= 15 is 0 Å². The van der Waals surface area contributed by atoms with Crippen LogP contribution in [0.3, 0.4) is 0 Å². The molecule has 2 rings (SSSR count). The minimum atomic E-state index is -0.235. The second kappa shape index (κ2) is 8.29. The van der Waals surface area contributed by atoms with Gasteiger partial charge < -0.3 is 15.5 Å². The first-order valence-corrected chi connectivity index (χ1v) is 8.70. The van der Waals surface area contributed by atoms with E-state index in [1.807, 2.05) is 30.3 Å². The van der Waals surface area contributed by atoms with Crippen LogP contribution in [0.25, 0.3) is 0 Å². The summed E-state index contributed by atoms with van der Waals surface area (Å²) in [6.45, 7) is 5.90. The van der Waals surface area contributed by atoms with Gasteiger partial charge in [0, 0.05) is 39.1 Å². The van der Waals surface area contributed by atoms with Crippen LogP contribution < -0.4 is 5.73 Å². The summed E-state index contributed by atoms with van der Waals surface area (Å²) in [5.41, 5.74) is 7.14. The Labute approximate surface area is 144 Å². The fourth-order valence-corrected chi connectivity index (χ4v) is 2.99. The average Bonchev–Trinajstić information content (AvgIpc) is 2.93. The molecule has 1 fully saturated rings. The number of likely N-dealkylation sites (tertiary alicyclic amines) is 1. The topological polar surface area (TPSA) is 66.6 Å². The molecule has 1 heterocycles. The maximum absolute atomic E-state index is 12.6. The van der Waals surface area contributed by atoms with Crippen molar-refractivity contribution in [3.05, 3.63) is 35.9 Å². The monoisotopic (exact) mass is 331 g/mol. The third kappa shape index (κ3) is 4.81. The molecule has 2 unspecified atom stereocenters. The van der Waals surface area contributed by atoms with Crippen LogP contribution in [0.5, 0.6) is 0 Å². The van der Waals surface area contributed by atoms with Gasteiger partial charge in [-0.25, -0.2) is 0 Å². The van der Waals surface area contributed by atoms with E-state index in [1.165, 1.54) is 0 Å². The number of nitrogens with zero attached hydrogens (tertiary/aromatic N) is 2. The van der Waals surface area contributed by atoms with Crippen molar-refractivity contribution in [3.8, 4) is 0 Å². The predicted molar refractivity (Wildman–Crippen MR) is 95.0 cm³/mol. The molecule has 0 aromatic heterocycles. The Morgan fingerprint density at radius 1 is 1.33 bits per heavy atom. The van der Waals surface area contributed by atoms with Gasteiger partial charge in [0.05, 0.1) is 5.92 Å². The first kappa shape index (κ1) is 18.5. The van der Waals surface area contributed by atoms with E-state index in [2.05, 4.69) is 13.8 Å². The van der Waals surface area contributed by atoms with Crippen LogP contribution in [0.2, 0.25) is 0 Å². The molecule has 1 aromatic carbocycles. The number of carbonyl (C=O) groups excluding carboxylic acids is 2. The van der Waals surface area contributed by atoms with Crippen molar-refractivity contribution < 1.29 is 9.59 Å². The fourth-order valence-electron chi connectivity index (χ4n) is 2.99. The molecule has 2 amide bonds. The van der Waals surface area contributed by atoms with Crippen molar-refractivity contribution in [1.29, 1.82) is 0 Å². The number of amides is 2. The van der Waals surface area contributed by atoms with Gasteiger partial charge in [-0.05, 0) is 17.9 Å². The third-order valence-electron chi connectivity index (χ3n) is 4.81. The molecule has 2 atom stereocenters. The molecular weight excluding hydrogens is 302 g/mol. The summed E-state index contributed by atoms with van der Waals surface area (Å²) in [4.78, 5) is 28.3. The zero-order chi connectivity index (χ0) is 17.7. The van der Waals surface area contributed by atoms with Crippen molar-refractivity contribution in [1.82, 2.24) is 9.80 Å². The highest BCUT2D eigenvalue weighted by molar-refractivity contribution is 5.89. The molecule has 24 heavy (non-hydrogen) atoms. The van der Waals surface area contributed by atoms with Crippen molar-refractivity contribution in [2.45, 2.75) is 39.3 Å². The van der Waals surface area contributed by atoms with Crippen LogP contribution >= 0.6 is 0 Å². The second-order valence-electron chi connectivity index (χ2n) is 7.12. The molecule has 5 nitrogen and oxygen atoms in total. The zero-order valence-corrected chi connectivity index (χ0v) is 14.9. The maximum atomic E-state index is 12.6. The van der Waals surface area contributed by atoms with Crippen molar-refractivity contribution in [2.75, 3.05) is 20.1 Å². The molecule has 1 aromatic rings. The van der Waals surface area contributed by atoms with Gasteiger partial charge in [-0.3, -0.25) is 9.59 Å². The Balaban J connectivity index is 1.86. The smallest absolute Gasteiger partial charge is 0.227 e. The molecule has 1 aliphatic heterocycles. The number of hydrogen-bond acceptors (Lipinski definition) is 3. The summed E-state index contributed by atoms with van der Waals surface area (Å²) >= 11 is 0. The molecular formula is C19H29N3O2. The van der Waals surface area contributed by atoms with Gasteiger partial charge in [0.15, 0.2) is 0 Å². The van der Waals surface area contributed by atoms with Crippen molar-refractivity contribution in [3.63, 3.8) is 0 Å². The third-order valence-corrected chi connectivity index (χ3v) is 4.81. The van der Waals surface area contributed by atoms with Crippen LogP contribution in [0.4, 0.5) is 0 Å². The lowest BCUT2D eigenvalue weighted by molar-refractivity contribution is -0.134. The molecule has 2 N–H and O–H groups in total. The number of hydrogen-bond donors (Lipinski definition) is 1. The Morgan fingerprint density at radius 2 is 2.00 bits per heavy atom. The Morgan fingerprint density at radius 3 is 2.62 bits per heavy atom. The van der Waals surface area contributed by atoms with Gasteiger partial charge >= 0.3 is 0 Å². The largest absolute Gasteiger partial charge is 0.345 e. The summed E-state index contributed by atoms with van der Waals surface area (Å²) in [7, 11) is 1.81. The van der Waals surface area contributed by atoms with Crippen LogP contribution in [-0.2, 0) is 16.1 Å². The summed E-state index contributed by atoms with van der Waals surface area (Å²) in [5, 5.41) is 0. The fraction of sp³-hybridized carbons (Fsp3) is 0.579. The van der Waals surface area contributed by atoms with E-state index in [0.717, 1.165) is 12.0 Å². The second-order valence-corrected chi connectivity index (χ2v) is 7.12. The molecule has 0 radical (unpaired) electrons. The molecule has 0 saturated carbocycles. The SMILES string of the molecule is CC(C)C(N)CCN(C)C(=O)C1CC(=O)N(Cc2ccccc2)C1. The van der Waals surface area contributed by atoms with E-state index in [1.54, 1.807) is 16.8 Å². The van der Waals surface area contributed by atoms with E-state index in [0.29, 0.717) is 32.0 Å². The zero-order valence-electron chi connectivity index (χ0n) is 14.9. The molecule has 132 valence electrons. The lowest BCUT2D eigenvalue weighted by atomic mass is 10.0. The highest BCUT2D eigenvalue weighted by atomic mass is 16.2. The number of nitrogens with two attached hydrogens (primary N) is 1. The summed E-state index contributed by atoms with van der Waals surface area (Å²) in [6.07, 6.45) is 1.10. The first-order chi connectivity index (χ1) is 11.4. The lowest BCUT2D eigenvalue weighted by Gasteiger charge is -2.24. The highest BCUT2D eigenvalue weighted by Crippen LogP contribution is 2.22. The maximum Gasteiger partial charge on any atom is 0.227 e. The molecule has 0 aliphatic carbocycles. The highest BCUT2D eigenvalue weighted by Gasteiger charge is 2.35. The van der Waals surface area contributed by atoms with Gasteiger partial charge in [0.1, 0.15) is 0 Å². The van der Waals surface area contributed by atoms with Crippen LogP contribution in [0.1, 0.15) is 32.3 Å². The van der Waals surface area contributed by atoms with Gasteiger partial charge in [-0.15, -0.1) is 0 Å². The van der Waals surface area contributed by atoms with Crippen LogP contribution in [-0.4, -0.2) is 47.8 Å². The molecule has 1 saturated heterocycles. The van der Waals surface area contributed by atoms with E-state index < -0.39 is 0 Å². The van der Waals surface area contributed by atoms with Crippen molar-refractivity contribution >= 4 is 11.8 Å². The van der Waals surface area contributed by atoms with Gasteiger partial charge in [0.2, 0.25) is 11.8 Å². The van der Waals surface area contributed by atoms with E-state index in [4.69, 9.17) is 5.73 Å². The number of carbonyl (C=O) groups is 2. The lowest BCUT2D eigenvalue weighted by Crippen LogP contribution is -2.38. The average molecular weight is 331 g/mol. The van der Waals surface area contributed by atoms with Crippen molar-refractivity contribution in [2.24, 2.45) is 17.6 Å². The molecule has 0 spiro atoms. The summed E-state index contributed by atoms with van der Waals surface area (Å²) in [6, 6.07) is 9.98. The van der Waals surface area contributed by atoms with E-state index in [-0.39, 0.29) is 23.8 Å². The summed E-state index contributed by atoms with van der Waals surface area (Å²) in [5.74, 6) is 0.281. The number of benzene rings is 1. The quantitative estimate of drug-likeness (QED) is 0.829. The minimum absolute atomic E-state index is 0.0508. The predicted octanol–water partition coefficient (Wildman–Crippen LogP) is 1.87.